The molecule has 2 aromatic heterocycles. The fraction of sp³-hybridized carbons (Fsp3) is 0.231. The summed E-state index contributed by atoms with van der Waals surface area (Å²) in [7, 11) is 0. The summed E-state index contributed by atoms with van der Waals surface area (Å²) in [5, 5.41) is 28.8. The maximum absolute atomic E-state index is 13.2. The molecule has 5 rings (SSSR count). The third-order valence-electron chi connectivity index (χ3n) is 6.52. The van der Waals surface area contributed by atoms with Crippen molar-refractivity contribution in [2.45, 2.75) is 29.6 Å². The molecule has 234 valence electrons. The zero-order chi connectivity index (χ0) is 32.4. The lowest BCUT2D eigenvalue weighted by atomic mass is 10.0. The number of carboxylic acids is 2. The Labute approximate surface area is 267 Å². The topological polar surface area (TPSA) is 256 Å². The van der Waals surface area contributed by atoms with Crippen LogP contribution in [0.15, 0.2) is 63.4 Å². The Balaban J connectivity index is 1.35. The van der Waals surface area contributed by atoms with Crippen LogP contribution in [-0.2, 0) is 24.0 Å². The molecule has 0 radical (unpaired) electrons. The number of anilines is 3. The Bertz CT molecular complexity index is 1750. The molecule has 2 aliphatic heterocycles. The van der Waals surface area contributed by atoms with Gasteiger partial charge < -0.3 is 42.4 Å². The number of hydrogen-bond donors (Lipinski definition) is 5. The number of fused-ring (bicyclic) bond motifs is 1. The van der Waals surface area contributed by atoms with Gasteiger partial charge in [-0.05, 0) is 36.4 Å². The molecule has 0 bridgehead atoms. The molecule has 4 heterocycles. The number of nitrogens with one attached hydrogen (secondary N) is 1. The number of rotatable bonds is 11. The molecular weight excluding hydrogens is 647 g/mol. The highest BCUT2D eigenvalue weighted by Gasteiger charge is 2.53. The van der Waals surface area contributed by atoms with Crippen molar-refractivity contribution < 1.29 is 38.8 Å². The number of amides is 2. The van der Waals surface area contributed by atoms with Crippen LogP contribution >= 0.6 is 34.9 Å². The number of carbonyl (C=O) groups excluding carboxylic acids is 3. The van der Waals surface area contributed by atoms with E-state index < -0.39 is 47.0 Å². The van der Waals surface area contributed by atoms with E-state index in [4.69, 9.17) is 27.1 Å². The third kappa shape index (κ3) is 6.49. The number of β-lactam (4-membered cyclic amide) rings is 1. The van der Waals surface area contributed by atoms with Crippen LogP contribution < -0.4 is 32.2 Å². The second-order valence-electron chi connectivity index (χ2n) is 9.55. The summed E-state index contributed by atoms with van der Waals surface area (Å²) in [5.74, 6) is -3.64. The first-order chi connectivity index (χ1) is 21.5. The van der Waals surface area contributed by atoms with E-state index in [1.165, 1.54) is 41.9 Å². The molecule has 45 heavy (non-hydrogen) atoms. The number of thiazole rings is 1. The Hall–Kier alpha value is -4.88. The van der Waals surface area contributed by atoms with Crippen LogP contribution in [0, 0.1) is 0 Å². The first-order valence-electron chi connectivity index (χ1n) is 13.0. The van der Waals surface area contributed by atoms with Crippen LogP contribution in [0.5, 0.6) is 0 Å². The van der Waals surface area contributed by atoms with Crippen molar-refractivity contribution in [3.8, 4) is 5.69 Å². The van der Waals surface area contributed by atoms with E-state index in [0.717, 1.165) is 21.9 Å². The van der Waals surface area contributed by atoms with Gasteiger partial charge in [0.15, 0.2) is 10.8 Å². The maximum atomic E-state index is 13.2. The van der Waals surface area contributed by atoms with Crippen molar-refractivity contribution in [2.24, 2.45) is 5.16 Å². The number of thioether (sulfide) groups is 2. The van der Waals surface area contributed by atoms with Crippen molar-refractivity contribution in [2.75, 3.05) is 28.7 Å². The molecule has 3 aromatic rings. The van der Waals surface area contributed by atoms with Gasteiger partial charge in [0.25, 0.3) is 11.8 Å². The highest BCUT2D eigenvalue weighted by Crippen LogP contribution is 2.41. The van der Waals surface area contributed by atoms with Crippen LogP contribution in [-0.4, -0.2) is 78.5 Å². The molecule has 1 unspecified atom stereocenters. The predicted molar refractivity (Wildman–Crippen MR) is 164 cm³/mol. The van der Waals surface area contributed by atoms with Gasteiger partial charge >= 0.3 is 11.1 Å². The molecule has 0 spiro atoms. The van der Waals surface area contributed by atoms with Gasteiger partial charge in [0.2, 0.25) is 17.7 Å². The Morgan fingerprint density at radius 3 is 2.64 bits per heavy atom. The smallest absolute Gasteiger partial charge is 0.347 e. The Morgan fingerprint density at radius 1 is 1.27 bits per heavy atom. The first kappa shape index (κ1) is 31.5. The second-order valence-corrected chi connectivity index (χ2v) is 12.5. The van der Waals surface area contributed by atoms with Gasteiger partial charge in [-0.1, -0.05) is 28.3 Å². The van der Waals surface area contributed by atoms with Crippen molar-refractivity contribution >= 4 is 81.1 Å². The average molecular weight is 672 g/mol. The van der Waals surface area contributed by atoms with Gasteiger partial charge in [0.05, 0.1) is 17.7 Å². The van der Waals surface area contributed by atoms with Crippen LogP contribution in [0.4, 0.5) is 16.8 Å². The van der Waals surface area contributed by atoms with Crippen molar-refractivity contribution in [1.82, 2.24) is 20.2 Å². The van der Waals surface area contributed by atoms with Gasteiger partial charge in [-0.2, -0.15) is 4.57 Å². The number of aromatic nitrogens is 3. The standard InChI is InChI=1S/C26H25N9O7S3/c1-11(23(38)39)42-33-17(14-10-44-25(29)30-14)20(36)32-18-21(37)35-19(24(40)41)12(8-43-22(18)35)9-45-26-31-15(27)7-16(28)34(26)13-5-3-2-4-6-13/h2-7,10-11,18,22H,8-9H2,1H3,(H8,27,28,29,30,32,36,38,39,40,41)/b33-17-/t11-,18?,22+/m0/s1. The van der Waals surface area contributed by atoms with Crippen LogP contribution in [0.2, 0.25) is 0 Å². The Kier molecular flexibility index (Phi) is 9.11. The Morgan fingerprint density at radius 2 is 2.00 bits per heavy atom. The first-order valence-corrected chi connectivity index (χ1v) is 15.9. The van der Waals surface area contributed by atoms with E-state index in [1.54, 1.807) is 4.57 Å². The van der Waals surface area contributed by atoms with Gasteiger partial charge in [-0.25, -0.2) is 9.78 Å². The molecule has 2 amide bonds. The monoisotopic (exact) mass is 671 g/mol. The van der Waals surface area contributed by atoms with E-state index in [0.29, 0.717) is 16.5 Å². The summed E-state index contributed by atoms with van der Waals surface area (Å²) < 4.78 is 1.68. The van der Waals surface area contributed by atoms with E-state index >= 15 is 0 Å². The molecule has 1 aromatic carbocycles. The molecule has 0 aliphatic carbocycles. The van der Waals surface area contributed by atoms with E-state index in [2.05, 4.69) is 20.4 Å². The summed E-state index contributed by atoms with van der Waals surface area (Å²) in [6.45, 7) is 1.21. The summed E-state index contributed by atoms with van der Waals surface area (Å²) in [4.78, 5) is 64.3. The van der Waals surface area contributed by atoms with Crippen LogP contribution in [0.1, 0.15) is 12.6 Å². The number of nitrogens with two attached hydrogens (primary N) is 3. The average Bonchev–Trinajstić information content (AvgIpc) is 3.43. The van der Waals surface area contributed by atoms with Crippen LogP contribution in [0.25, 0.3) is 5.69 Å². The molecule has 0 saturated carbocycles. The highest BCUT2D eigenvalue weighted by molar-refractivity contribution is 8.01. The molecule has 8 N–H and O–H groups in total. The fourth-order valence-electron chi connectivity index (χ4n) is 4.37. The summed E-state index contributed by atoms with van der Waals surface area (Å²) in [6.07, 6.45) is -1.38. The fourth-order valence-corrected chi connectivity index (χ4v) is 7.45. The number of carbonyl (C=O) groups is 4. The molecule has 19 heteroatoms. The van der Waals surface area contributed by atoms with Gasteiger partial charge in [0, 0.05) is 16.9 Å². The van der Waals surface area contributed by atoms with Crippen LogP contribution in [0.3, 0.4) is 0 Å². The summed E-state index contributed by atoms with van der Waals surface area (Å²) in [6, 6.07) is 9.55. The number of carboxylic acid groups (broad SMARTS) is 2. The normalized spacial score (nSPS) is 18.6. The lowest BCUT2D eigenvalue weighted by Gasteiger charge is -2.50. The number of hydrogen-bond acceptors (Lipinski definition) is 15. The highest BCUT2D eigenvalue weighted by atomic mass is 32.2. The van der Waals surface area contributed by atoms with E-state index in [1.807, 2.05) is 30.3 Å². The second kappa shape index (κ2) is 13.0. The number of nitrogen functional groups attached to an aromatic ring is 3. The van der Waals surface area contributed by atoms with Gasteiger partial charge in [-0.15, -0.1) is 23.1 Å². The SMILES string of the molecule is C[C@H](O/N=C(\C(=O)NC1C(=O)N2C(C(=O)[O-])=C(CSc3nc(N)cc(N)[n+]3-c3ccccc3)CS[C@H]12)c1csc(N)n1)C(=O)O. The zero-order valence-electron chi connectivity index (χ0n) is 23.3. The van der Waals surface area contributed by atoms with Crippen molar-refractivity contribution in [1.29, 1.82) is 0 Å². The molecule has 16 nitrogen and oxygen atoms in total. The number of para-hydroxylation sites is 1. The molecule has 3 atom stereocenters. The lowest BCUT2D eigenvalue weighted by molar-refractivity contribution is -0.626. The largest absolute Gasteiger partial charge is 0.543 e. The molecular formula is C26H25N9O7S3. The predicted octanol–water partition coefficient (Wildman–Crippen LogP) is -1.05. The number of benzene rings is 1. The molecule has 1 fully saturated rings. The zero-order valence-corrected chi connectivity index (χ0v) is 25.7. The third-order valence-corrected chi connectivity index (χ3v) is 9.55. The molecule has 1 saturated heterocycles. The van der Waals surface area contributed by atoms with E-state index in [-0.39, 0.29) is 33.8 Å². The van der Waals surface area contributed by atoms with Crippen molar-refractivity contribution in [3.05, 3.63) is 58.7 Å². The minimum Gasteiger partial charge on any atom is -0.543 e. The van der Waals surface area contributed by atoms with Gasteiger partial charge in [0.1, 0.15) is 22.8 Å². The quantitative estimate of drug-likeness (QED) is 0.0407. The minimum absolute atomic E-state index is 0.00526. The number of aliphatic carboxylic acids is 2. The minimum atomic E-state index is -1.55. The summed E-state index contributed by atoms with van der Waals surface area (Å²) >= 11 is 3.44. The molecule has 2 aliphatic rings. The van der Waals surface area contributed by atoms with Crippen molar-refractivity contribution in [3.63, 3.8) is 0 Å². The van der Waals surface area contributed by atoms with E-state index in [9.17, 15) is 24.3 Å². The maximum Gasteiger partial charge on any atom is 0.347 e. The lowest BCUT2D eigenvalue weighted by Crippen LogP contribution is -2.71. The van der Waals surface area contributed by atoms with Gasteiger partial charge in [-0.3, -0.25) is 14.5 Å². The number of oxime groups is 1. The summed E-state index contributed by atoms with van der Waals surface area (Å²) in [5.41, 5.74) is 18.3. The number of nitrogens with zero attached hydrogens (tertiary/aromatic N) is 5.